The fourth-order valence-electron chi connectivity index (χ4n) is 2.06. The van der Waals surface area contributed by atoms with Crippen molar-refractivity contribution in [1.82, 2.24) is 14.8 Å². The number of carbonyl (C=O) groups excluding carboxylic acids is 1. The first-order valence-corrected chi connectivity index (χ1v) is 8.29. The van der Waals surface area contributed by atoms with E-state index in [1.165, 1.54) is 11.8 Å². The lowest BCUT2D eigenvalue weighted by Crippen LogP contribution is -2.15. The van der Waals surface area contributed by atoms with E-state index in [1.807, 2.05) is 35.8 Å². The number of allylic oxidation sites excluding steroid dienone is 1. The van der Waals surface area contributed by atoms with E-state index in [1.54, 1.807) is 13.2 Å². The van der Waals surface area contributed by atoms with E-state index in [0.717, 1.165) is 5.75 Å². The molecule has 1 unspecified atom stereocenters. The second kappa shape index (κ2) is 8.39. The number of rotatable bonds is 9. The number of methoxy groups -OCH3 is 1. The lowest BCUT2D eigenvalue weighted by molar-refractivity contribution is -0.115. The minimum absolute atomic E-state index is 0.142. The second-order valence-electron chi connectivity index (χ2n) is 4.93. The normalized spacial score (nSPS) is 11.8. The van der Waals surface area contributed by atoms with Crippen molar-refractivity contribution < 1.29 is 14.3 Å². The third kappa shape index (κ3) is 4.51. The molecular formula is C16H20N4O3S. The quantitative estimate of drug-likeness (QED) is 0.552. The maximum Gasteiger partial charge on any atom is 0.227 e. The van der Waals surface area contributed by atoms with E-state index in [-0.39, 0.29) is 11.9 Å². The van der Waals surface area contributed by atoms with Gasteiger partial charge in [0, 0.05) is 6.54 Å². The fourth-order valence-corrected chi connectivity index (χ4v) is 2.75. The Morgan fingerprint density at radius 1 is 1.38 bits per heavy atom. The number of primary amides is 1. The molecule has 0 aliphatic rings. The fraction of sp³-hybridized carbons (Fsp3) is 0.312. The van der Waals surface area contributed by atoms with Gasteiger partial charge in [-0.25, -0.2) is 0 Å². The summed E-state index contributed by atoms with van der Waals surface area (Å²) in [4.78, 5) is 11.0. The average molecular weight is 348 g/mol. The molecule has 24 heavy (non-hydrogen) atoms. The predicted molar refractivity (Wildman–Crippen MR) is 92.2 cm³/mol. The van der Waals surface area contributed by atoms with E-state index in [0.29, 0.717) is 23.3 Å². The van der Waals surface area contributed by atoms with Crippen LogP contribution in [0.2, 0.25) is 0 Å². The molecule has 1 aromatic carbocycles. The van der Waals surface area contributed by atoms with Gasteiger partial charge in [-0.2, -0.15) is 0 Å². The number of aromatic nitrogens is 3. The highest BCUT2D eigenvalue weighted by Crippen LogP contribution is 2.25. The van der Waals surface area contributed by atoms with Crippen molar-refractivity contribution in [2.45, 2.75) is 24.7 Å². The molecule has 1 atom stereocenters. The van der Waals surface area contributed by atoms with Gasteiger partial charge < -0.3 is 15.2 Å². The first-order valence-electron chi connectivity index (χ1n) is 7.31. The third-order valence-electron chi connectivity index (χ3n) is 3.14. The minimum atomic E-state index is -0.405. The maximum absolute atomic E-state index is 11.0. The van der Waals surface area contributed by atoms with Gasteiger partial charge in [-0.1, -0.05) is 17.8 Å². The molecule has 2 N–H and O–H groups in total. The van der Waals surface area contributed by atoms with Crippen molar-refractivity contribution in [3.05, 3.63) is 42.7 Å². The van der Waals surface area contributed by atoms with Crippen molar-refractivity contribution >= 4 is 17.7 Å². The van der Waals surface area contributed by atoms with Gasteiger partial charge in [-0.3, -0.25) is 9.36 Å². The minimum Gasteiger partial charge on any atom is -0.497 e. The van der Waals surface area contributed by atoms with Crippen LogP contribution >= 0.6 is 11.8 Å². The highest BCUT2D eigenvalue weighted by Gasteiger charge is 2.19. The number of amides is 1. The molecule has 1 heterocycles. The molecule has 0 bridgehead atoms. The van der Waals surface area contributed by atoms with Crippen LogP contribution in [0.5, 0.6) is 11.5 Å². The molecule has 2 rings (SSSR count). The Hall–Kier alpha value is -2.48. The molecule has 0 aliphatic carbocycles. The maximum atomic E-state index is 11.0. The molecule has 0 aliphatic heterocycles. The van der Waals surface area contributed by atoms with E-state index in [9.17, 15) is 4.79 Å². The van der Waals surface area contributed by atoms with Gasteiger partial charge in [-0.15, -0.1) is 16.8 Å². The molecular weight excluding hydrogens is 328 g/mol. The Bertz CT molecular complexity index is 700. The Morgan fingerprint density at radius 3 is 2.62 bits per heavy atom. The molecule has 128 valence electrons. The number of thioether (sulfide) groups is 1. The van der Waals surface area contributed by atoms with Crippen LogP contribution in [0.3, 0.4) is 0 Å². The Labute approximate surface area is 144 Å². The lowest BCUT2D eigenvalue weighted by Gasteiger charge is -2.15. The lowest BCUT2D eigenvalue weighted by atomic mass is 10.3. The Balaban J connectivity index is 2.16. The van der Waals surface area contributed by atoms with Crippen LogP contribution in [0.25, 0.3) is 0 Å². The average Bonchev–Trinajstić information content (AvgIpc) is 2.97. The van der Waals surface area contributed by atoms with Crippen LogP contribution in [-0.4, -0.2) is 33.5 Å². The van der Waals surface area contributed by atoms with Crippen molar-refractivity contribution in [3.8, 4) is 11.5 Å². The zero-order valence-corrected chi connectivity index (χ0v) is 14.5. The van der Waals surface area contributed by atoms with Crippen LogP contribution in [0.4, 0.5) is 0 Å². The van der Waals surface area contributed by atoms with E-state index in [4.69, 9.17) is 15.2 Å². The van der Waals surface area contributed by atoms with Crippen molar-refractivity contribution in [2.75, 3.05) is 12.9 Å². The molecule has 1 amide bonds. The number of nitrogens with two attached hydrogens (primary N) is 1. The number of benzene rings is 1. The number of ether oxygens (including phenoxy) is 2. The van der Waals surface area contributed by atoms with Crippen LogP contribution in [-0.2, 0) is 11.3 Å². The van der Waals surface area contributed by atoms with Gasteiger partial charge in [0.1, 0.15) is 11.5 Å². The third-order valence-corrected chi connectivity index (χ3v) is 4.13. The SMILES string of the molecule is C=CCn1c(SCC(N)=O)nnc1C(C)Oc1ccc(OC)cc1. The zero-order valence-electron chi connectivity index (χ0n) is 13.6. The molecule has 2 aromatic rings. The van der Waals surface area contributed by atoms with Crippen molar-refractivity contribution in [2.24, 2.45) is 5.73 Å². The van der Waals surface area contributed by atoms with E-state index >= 15 is 0 Å². The number of hydrogen-bond acceptors (Lipinski definition) is 6. The van der Waals surface area contributed by atoms with Gasteiger partial charge in [0.25, 0.3) is 0 Å². The summed E-state index contributed by atoms with van der Waals surface area (Å²) in [6.07, 6.45) is 1.41. The van der Waals surface area contributed by atoms with Crippen molar-refractivity contribution in [1.29, 1.82) is 0 Å². The predicted octanol–water partition coefficient (Wildman–Crippen LogP) is 2.19. The number of hydrogen-bond donors (Lipinski definition) is 1. The summed E-state index contributed by atoms with van der Waals surface area (Å²) in [6.45, 7) is 6.14. The highest BCUT2D eigenvalue weighted by molar-refractivity contribution is 7.99. The van der Waals surface area contributed by atoms with Gasteiger partial charge >= 0.3 is 0 Å². The monoisotopic (exact) mass is 348 g/mol. The molecule has 7 nitrogen and oxygen atoms in total. The smallest absolute Gasteiger partial charge is 0.227 e. The summed E-state index contributed by atoms with van der Waals surface area (Å²) in [5.74, 6) is 1.84. The van der Waals surface area contributed by atoms with Crippen LogP contribution in [0.1, 0.15) is 18.9 Å². The van der Waals surface area contributed by atoms with Crippen LogP contribution in [0.15, 0.2) is 42.1 Å². The second-order valence-corrected chi connectivity index (χ2v) is 5.87. The van der Waals surface area contributed by atoms with Gasteiger partial charge in [0.15, 0.2) is 17.1 Å². The zero-order chi connectivity index (χ0) is 17.5. The van der Waals surface area contributed by atoms with E-state index < -0.39 is 5.91 Å². The van der Waals surface area contributed by atoms with Gasteiger partial charge in [-0.05, 0) is 31.2 Å². The molecule has 1 aromatic heterocycles. The standard InChI is InChI=1S/C16H20N4O3S/c1-4-9-20-15(18-19-16(20)24-10-14(17)21)11(2)23-13-7-5-12(22-3)6-8-13/h4-8,11H,1,9-10H2,2-3H3,(H2,17,21). The van der Waals surface area contributed by atoms with E-state index in [2.05, 4.69) is 16.8 Å². The summed E-state index contributed by atoms with van der Waals surface area (Å²) < 4.78 is 12.9. The van der Waals surface area contributed by atoms with Crippen LogP contribution in [0, 0.1) is 0 Å². The topological polar surface area (TPSA) is 92.3 Å². The number of nitrogens with zero attached hydrogens (tertiary/aromatic N) is 3. The first-order chi connectivity index (χ1) is 11.5. The highest BCUT2D eigenvalue weighted by atomic mass is 32.2. The first kappa shape index (κ1) is 17.9. The van der Waals surface area contributed by atoms with Crippen molar-refractivity contribution in [3.63, 3.8) is 0 Å². The molecule has 0 radical (unpaired) electrons. The molecule has 0 saturated heterocycles. The summed E-state index contributed by atoms with van der Waals surface area (Å²) in [6, 6.07) is 7.30. The van der Waals surface area contributed by atoms with Crippen LogP contribution < -0.4 is 15.2 Å². The molecule has 0 saturated carbocycles. The number of carbonyl (C=O) groups is 1. The van der Waals surface area contributed by atoms with Gasteiger partial charge in [0.05, 0.1) is 12.9 Å². The summed E-state index contributed by atoms with van der Waals surface area (Å²) in [5.41, 5.74) is 5.18. The molecule has 0 spiro atoms. The van der Waals surface area contributed by atoms with Gasteiger partial charge in [0.2, 0.25) is 5.91 Å². The Morgan fingerprint density at radius 2 is 2.04 bits per heavy atom. The largest absolute Gasteiger partial charge is 0.497 e. The summed E-state index contributed by atoms with van der Waals surface area (Å²) in [5, 5.41) is 8.91. The summed E-state index contributed by atoms with van der Waals surface area (Å²) in [7, 11) is 1.61. The Kier molecular flexibility index (Phi) is 6.25. The molecule has 0 fully saturated rings. The molecule has 8 heteroatoms. The summed E-state index contributed by atoms with van der Waals surface area (Å²) >= 11 is 1.24.